The number of carbonyl (C=O) groups is 1. The van der Waals surface area contributed by atoms with E-state index in [-0.39, 0.29) is 6.10 Å². The highest BCUT2D eigenvalue weighted by atomic mass is 16.5. The lowest BCUT2D eigenvalue weighted by Gasteiger charge is -2.17. The Hall–Kier alpha value is -2.37. The standard InChI is InChI=1S/C17H24O6/c1-7-11(2)23-14(18)9-8-12-10-13(19-3)16(21-5)17(22-6)15(12)20-4/h8-11H,7H2,1-6H3. The Bertz CT molecular complexity index is 565. The van der Waals surface area contributed by atoms with Crippen molar-refractivity contribution in [2.75, 3.05) is 28.4 Å². The fourth-order valence-corrected chi connectivity index (χ4v) is 1.96. The maximum atomic E-state index is 11.8. The monoisotopic (exact) mass is 324 g/mol. The molecule has 0 saturated carbocycles. The SMILES string of the molecule is CCC(C)OC(=O)C=Cc1cc(OC)c(OC)c(OC)c1OC. The highest BCUT2D eigenvalue weighted by Gasteiger charge is 2.20. The number of methoxy groups -OCH3 is 4. The van der Waals surface area contributed by atoms with Crippen LogP contribution in [0.5, 0.6) is 23.0 Å². The lowest BCUT2D eigenvalue weighted by Crippen LogP contribution is -2.11. The maximum absolute atomic E-state index is 11.8. The largest absolute Gasteiger partial charge is 0.493 e. The predicted molar refractivity (Wildman–Crippen MR) is 87.5 cm³/mol. The first-order valence-electron chi connectivity index (χ1n) is 7.27. The van der Waals surface area contributed by atoms with Gasteiger partial charge < -0.3 is 23.7 Å². The second-order valence-electron chi connectivity index (χ2n) is 4.76. The molecule has 6 heteroatoms. The lowest BCUT2D eigenvalue weighted by atomic mass is 10.1. The van der Waals surface area contributed by atoms with Gasteiger partial charge in [0, 0.05) is 11.6 Å². The molecule has 0 aliphatic rings. The first kappa shape index (κ1) is 18.7. The second kappa shape index (κ2) is 8.92. The van der Waals surface area contributed by atoms with Crippen LogP contribution in [0.1, 0.15) is 25.8 Å². The minimum Gasteiger partial charge on any atom is -0.493 e. The van der Waals surface area contributed by atoms with Gasteiger partial charge in [0.25, 0.3) is 0 Å². The summed E-state index contributed by atoms with van der Waals surface area (Å²) in [5.41, 5.74) is 0.614. The zero-order valence-corrected chi connectivity index (χ0v) is 14.5. The van der Waals surface area contributed by atoms with Gasteiger partial charge in [0.15, 0.2) is 11.5 Å². The molecule has 0 aliphatic heterocycles. The first-order chi connectivity index (χ1) is 11.0. The summed E-state index contributed by atoms with van der Waals surface area (Å²) in [7, 11) is 6.05. The number of carbonyl (C=O) groups excluding carboxylic acids is 1. The van der Waals surface area contributed by atoms with Gasteiger partial charge in [-0.3, -0.25) is 0 Å². The van der Waals surface area contributed by atoms with E-state index in [2.05, 4.69) is 0 Å². The van der Waals surface area contributed by atoms with Crippen molar-refractivity contribution in [1.29, 1.82) is 0 Å². The van der Waals surface area contributed by atoms with Crippen LogP contribution < -0.4 is 18.9 Å². The number of hydrogen-bond donors (Lipinski definition) is 0. The van der Waals surface area contributed by atoms with E-state index in [1.54, 1.807) is 12.1 Å². The van der Waals surface area contributed by atoms with Gasteiger partial charge in [-0.25, -0.2) is 4.79 Å². The maximum Gasteiger partial charge on any atom is 0.331 e. The summed E-state index contributed by atoms with van der Waals surface area (Å²) in [5, 5.41) is 0. The van der Waals surface area contributed by atoms with Crippen LogP contribution in [0, 0.1) is 0 Å². The van der Waals surface area contributed by atoms with Crippen LogP contribution in [0.4, 0.5) is 0 Å². The van der Waals surface area contributed by atoms with E-state index in [4.69, 9.17) is 23.7 Å². The van der Waals surface area contributed by atoms with Crippen molar-refractivity contribution < 1.29 is 28.5 Å². The molecule has 0 aromatic heterocycles. The molecule has 0 amide bonds. The predicted octanol–water partition coefficient (Wildman–Crippen LogP) is 3.08. The molecule has 1 aromatic carbocycles. The van der Waals surface area contributed by atoms with E-state index in [0.29, 0.717) is 28.6 Å². The quantitative estimate of drug-likeness (QED) is 0.541. The zero-order valence-electron chi connectivity index (χ0n) is 14.5. The topological polar surface area (TPSA) is 63.2 Å². The van der Waals surface area contributed by atoms with E-state index < -0.39 is 5.97 Å². The fraction of sp³-hybridized carbons (Fsp3) is 0.471. The molecular formula is C17H24O6. The van der Waals surface area contributed by atoms with Crippen LogP contribution in [0.3, 0.4) is 0 Å². The van der Waals surface area contributed by atoms with Crippen LogP contribution >= 0.6 is 0 Å². The van der Waals surface area contributed by atoms with Crippen molar-refractivity contribution in [3.8, 4) is 23.0 Å². The lowest BCUT2D eigenvalue weighted by molar-refractivity contribution is -0.142. The number of rotatable bonds is 8. The van der Waals surface area contributed by atoms with E-state index in [9.17, 15) is 4.79 Å². The third-order valence-electron chi connectivity index (χ3n) is 3.31. The molecule has 0 saturated heterocycles. The van der Waals surface area contributed by atoms with Crippen molar-refractivity contribution in [3.63, 3.8) is 0 Å². The van der Waals surface area contributed by atoms with Crippen LogP contribution in [0.2, 0.25) is 0 Å². The molecule has 23 heavy (non-hydrogen) atoms. The Morgan fingerprint density at radius 3 is 2.13 bits per heavy atom. The normalized spacial score (nSPS) is 11.9. The van der Waals surface area contributed by atoms with Crippen molar-refractivity contribution in [2.24, 2.45) is 0 Å². The molecule has 1 atom stereocenters. The second-order valence-corrected chi connectivity index (χ2v) is 4.76. The van der Waals surface area contributed by atoms with Gasteiger partial charge in [-0.2, -0.15) is 0 Å². The average Bonchev–Trinajstić information content (AvgIpc) is 2.57. The smallest absolute Gasteiger partial charge is 0.331 e. The summed E-state index contributed by atoms with van der Waals surface area (Å²) in [4.78, 5) is 11.8. The number of ether oxygens (including phenoxy) is 5. The molecule has 0 fully saturated rings. The molecule has 6 nitrogen and oxygen atoms in total. The minimum atomic E-state index is -0.421. The molecular weight excluding hydrogens is 300 g/mol. The Morgan fingerprint density at radius 1 is 1.04 bits per heavy atom. The Balaban J connectivity index is 3.22. The molecule has 0 heterocycles. The Labute approximate surface area is 136 Å². The zero-order chi connectivity index (χ0) is 17.4. The van der Waals surface area contributed by atoms with Gasteiger partial charge in [-0.15, -0.1) is 0 Å². The molecule has 128 valence electrons. The van der Waals surface area contributed by atoms with Gasteiger partial charge in [0.05, 0.1) is 34.5 Å². The highest BCUT2D eigenvalue weighted by Crippen LogP contribution is 2.46. The first-order valence-corrected chi connectivity index (χ1v) is 7.27. The molecule has 0 bridgehead atoms. The minimum absolute atomic E-state index is 0.131. The Morgan fingerprint density at radius 2 is 1.65 bits per heavy atom. The third kappa shape index (κ3) is 4.55. The highest BCUT2D eigenvalue weighted by molar-refractivity contribution is 5.88. The summed E-state index contributed by atoms with van der Waals surface area (Å²) in [6, 6.07) is 1.70. The van der Waals surface area contributed by atoms with Crippen LogP contribution in [0.15, 0.2) is 12.1 Å². The van der Waals surface area contributed by atoms with E-state index in [1.165, 1.54) is 34.5 Å². The van der Waals surface area contributed by atoms with Crippen molar-refractivity contribution >= 4 is 12.0 Å². The van der Waals surface area contributed by atoms with Gasteiger partial charge in [-0.05, 0) is 25.5 Å². The van der Waals surface area contributed by atoms with E-state index in [0.717, 1.165) is 6.42 Å². The van der Waals surface area contributed by atoms with Gasteiger partial charge in [0.2, 0.25) is 11.5 Å². The van der Waals surface area contributed by atoms with Gasteiger partial charge >= 0.3 is 5.97 Å². The third-order valence-corrected chi connectivity index (χ3v) is 3.31. The molecule has 0 radical (unpaired) electrons. The van der Waals surface area contributed by atoms with E-state index in [1.807, 2.05) is 13.8 Å². The summed E-state index contributed by atoms with van der Waals surface area (Å²) < 4.78 is 26.5. The Kier molecular flexibility index (Phi) is 7.25. The van der Waals surface area contributed by atoms with Crippen molar-refractivity contribution in [3.05, 3.63) is 17.7 Å². The fourth-order valence-electron chi connectivity index (χ4n) is 1.96. The molecule has 0 N–H and O–H groups in total. The molecule has 1 aromatic rings. The van der Waals surface area contributed by atoms with Crippen LogP contribution in [-0.2, 0) is 9.53 Å². The van der Waals surface area contributed by atoms with Crippen molar-refractivity contribution in [2.45, 2.75) is 26.4 Å². The van der Waals surface area contributed by atoms with Crippen LogP contribution in [0.25, 0.3) is 6.08 Å². The van der Waals surface area contributed by atoms with E-state index >= 15 is 0 Å². The number of esters is 1. The summed E-state index contributed by atoms with van der Waals surface area (Å²) >= 11 is 0. The molecule has 1 unspecified atom stereocenters. The van der Waals surface area contributed by atoms with Crippen LogP contribution in [-0.4, -0.2) is 40.5 Å². The van der Waals surface area contributed by atoms with Gasteiger partial charge in [-0.1, -0.05) is 6.92 Å². The summed E-state index contributed by atoms with van der Waals surface area (Å²) in [6.45, 7) is 3.79. The molecule has 1 rings (SSSR count). The number of benzene rings is 1. The average molecular weight is 324 g/mol. The summed E-state index contributed by atoms with van der Waals surface area (Å²) in [6.07, 6.45) is 3.56. The summed E-state index contributed by atoms with van der Waals surface area (Å²) in [5.74, 6) is 1.31. The van der Waals surface area contributed by atoms with Gasteiger partial charge in [0.1, 0.15) is 0 Å². The molecule has 0 aliphatic carbocycles. The molecule has 0 spiro atoms. The van der Waals surface area contributed by atoms with Crippen molar-refractivity contribution in [1.82, 2.24) is 0 Å². The number of hydrogen-bond acceptors (Lipinski definition) is 6.